The Bertz CT molecular complexity index is 1030. The van der Waals surface area contributed by atoms with Crippen molar-refractivity contribution < 1.29 is 14.6 Å². The molecule has 0 amide bonds. The van der Waals surface area contributed by atoms with Crippen LogP contribution in [0, 0.1) is 0 Å². The van der Waals surface area contributed by atoms with Crippen molar-refractivity contribution in [3.05, 3.63) is 78.4 Å². The summed E-state index contributed by atoms with van der Waals surface area (Å²) in [5, 5.41) is 12.0. The highest BCUT2D eigenvalue weighted by Crippen LogP contribution is 2.34. The summed E-state index contributed by atoms with van der Waals surface area (Å²) in [7, 11) is 0. The zero-order chi connectivity index (χ0) is 16.5. The van der Waals surface area contributed by atoms with E-state index >= 15 is 0 Å². The Morgan fingerprint density at radius 3 is 2.42 bits per heavy atom. The molecule has 0 aliphatic heterocycles. The van der Waals surface area contributed by atoms with Crippen molar-refractivity contribution in [1.82, 2.24) is 4.57 Å². The number of hydrogen-bond donors (Lipinski definition) is 1. The zero-order valence-electron chi connectivity index (χ0n) is 12.8. The molecule has 0 fully saturated rings. The Morgan fingerprint density at radius 2 is 1.58 bits per heavy atom. The number of benzene rings is 3. The maximum absolute atomic E-state index is 12.7. The van der Waals surface area contributed by atoms with Gasteiger partial charge in [-0.15, -0.1) is 0 Å². The van der Waals surface area contributed by atoms with E-state index in [1.807, 2.05) is 60.7 Å². The summed E-state index contributed by atoms with van der Waals surface area (Å²) >= 11 is 0. The lowest BCUT2D eigenvalue weighted by atomic mass is 10.1. The third-order valence-corrected chi connectivity index (χ3v) is 4.06. The van der Waals surface area contributed by atoms with Crippen LogP contribution in [0.5, 0.6) is 5.75 Å². The van der Waals surface area contributed by atoms with Gasteiger partial charge >= 0.3 is 6.09 Å². The molecule has 0 aliphatic carbocycles. The fourth-order valence-electron chi connectivity index (χ4n) is 2.97. The molecule has 118 valence electrons. The third-order valence-electron chi connectivity index (χ3n) is 4.06. The van der Waals surface area contributed by atoms with Crippen LogP contribution >= 0.6 is 0 Å². The number of phenols is 1. The van der Waals surface area contributed by atoms with Crippen LogP contribution in [-0.4, -0.2) is 15.8 Å². The molecule has 3 aromatic carbocycles. The highest BCUT2D eigenvalue weighted by Gasteiger charge is 2.19. The first-order chi connectivity index (χ1) is 11.8. The van der Waals surface area contributed by atoms with E-state index in [1.165, 1.54) is 4.57 Å². The maximum atomic E-state index is 12.7. The first-order valence-electron chi connectivity index (χ1n) is 7.68. The van der Waals surface area contributed by atoms with Gasteiger partial charge in [-0.2, -0.15) is 0 Å². The van der Waals surface area contributed by atoms with E-state index in [9.17, 15) is 9.90 Å². The smallest absolute Gasteiger partial charge is 0.419 e. The topological polar surface area (TPSA) is 51.5 Å². The molecule has 0 radical (unpaired) electrons. The van der Waals surface area contributed by atoms with E-state index in [0.717, 1.165) is 16.3 Å². The van der Waals surface area contributed by atoms with Gasteiger partial charge < -0.3 is 9.84 Å². The quantitative estimate of drug-likeness (QED) is 0.584. The molecule has 4 nitrogen and oxygen atoms in total. The maximum Gasteiger partial charge on any atom is 0.419 e. The van der Waals surface area contributed by atoms with E-state index in [2.05, 4.69) is 0 Å². The number of carbonyl (C=O) groups excluding carboxylic acids is 1. The summed E-state index contributed by atoms with van der Waals surface area (Å²) < 4.78 is 6.89. The first-order valence-corrected chi connectivity index (χ1v) is 7.68. The Balaban J connectivity index is 1.81. The second-order valence-electron chi connectivity index (χ2n) is 5.57. The van der Waals surface area contributed by atoms with Crippen LogP contribution < -0.4 is 0 Å². The normalized spacial score (nSPS) is 11.0. The van der Waals surface area contributed by atoms with Gasteiger partial charge in [0.2, 0.25) is 0 Å². The minimum absolute atomic E-state index is 0.0559. The van der Waals surface area contributed by atoms with Gasteiger partial charge in [0.1, 0.15) is 17.9 Å². The Morgan fingerprint density at radius 1 is 0.875 bits per heavy atom. The van der Waals surface area contributed by atoms with Crippen LogP contribution in [0.1, 0.15) is 5.56 Å². The molecule has 4 aromatic rings. The van der Waals surface area contributed by atoms with Crippen LogP contribution in [0.25, 0.3) is 21.8 Å². The fraction of sp³-hybridized carbons (Fsp3) is 0.0500. The van der Waals surface area contributed by atoms with Crippen molar-refractivity contribution in [2.45, 2.75) is 6.61 Å². The lowest BCUT2D eigenvalue weighted by molar-refractivity contribution is 0.143. The van der Waals surface area contributed by atoms with Gasteiger partial charge in [-0.3, -0.25) is 0 Å². The monoisotopic (exact) mass is 317 g/mol. The summed E-state index contributed by atoms with van der Waals surface area (Å²) in [6.45, 7) is 0.182. The molecule has 0 saturated heterocycles. The molecule has 0 spiro atoms. The van der Waals surface area contributed by atoms with Gasteiger partial charge in [0, 0.05) is 10.8 Å². The van der Waals surface area contributed by atoms with E-state index in [4.69, 9.17) is 4.74 Å². The van der Waals surface area contributed by atoms with Crippen LogP contribution in [0.4, 0.5) is 4.79 Å². The summed E-state index contributed by atoms with van der Waals surface area (Å²) in [4.78, 5) is 12.7. The molecule has 24 heavy (non-hydrogen) atoms. The number of aromatic nitrogens is 1. The molecule has 4 rings (SSSR count). The molecule has 0 atom stereocenters. The largest absolute Gasteiger partial charge is 0.506 e. The summed E-state index contributed by atoms with van der Waals surface area (Å²) in [5.41, 5.74) is 2.10. The van der Waals surface area contributed by atoms with Crippen molar-refractivity contribution in [2.24, 2.45) is 0 Å². The van der Waals surface area contributed by atoms with E-state index in [1.54, 1.807) is 12.1 Å². The molecule has 1 heterocycles. The lowest BCUT2D eigenvalue weighted by Gasteiger charge is -2.08. The highest BCUT2D eigenvalue weighted by molar-refractivity contribution is 6.14. The van der Waals surface area contributed by atoms with Gasteiger partial charge in [-0.05, 0) is 17.7 Å². The number of fused-ring (bicyclic) bond motifs is 3. The van der Waals surface area contributed by atoms with Gasteiger partial charge in [0.15, 0.2) is 0 Å². The minimum atomic E-state index is -0.508. The van der Waals surface area contributed by atoms with E-state index < -0.39 is 6.09 Å². The van der Waals surface area contributed by atoms with Gasteiger partial charge in [0.05, 0.1) is 5.52 Å². The van der Waals surface area contributed by atoms with Crippen LogP contribution in [0.2, 0.25) is 0 Å². The Kier molecular flexibility index (Phi) is 3.43. The summed E-state index contributed by atoms with van der Waals surface area (Å²) in [6, 6.07) is 22.3. The average Bonchev–Trinajstić information content (AvgIpc) is 2.97. The van der Waals surface area contributed by atoms with Gasteiger partial charge in [-0.25, -0.2) is 9.36 Å². The second kappa shape index (κ2) is 5.74. The van der Waals surface area contributed by atoms with Crippen molar-refractivity contribution in [3.8, 4) is 5.75 Å². The molecule has 0 unspecified atom stereocenters. The van der Waals surface area contributed by atoms with Crippen LogP contribution in [0.3, 0.4) is 0 Å². The standard InChI is InChI=1S/C20H15NO3/c22-18-12-6-10-16-15-9-4-5-11-17(15)21(19(16)18)20(23)24-13-14-7-2-1-3-8-14/h1-12,22H,13H2. The van der Waals surface area contributed by atoms with E-state index in [-0.39, 0.29) is 12.4 Å². The SMILES string of the molecule is O=C(OCc1ccccc1)n1c2ccccc2c2cccc(O)c21. The second-order valence-corrected chi connectivity index (χ2v) is 5.57. The van der Waals surface area contributed by atoms with Gasteiger partial charge in [-0.1, -0.05) is 60.7 Å². The third kappa shape index (κ3) is 2.29. The molecule has 1 aromatic heterocycles. The summed E-state index contributed by atoms with van der Waals surface area (Å²) in [5.74, 6) is 0.0559. The number of rotatable bonds is 2. The number of para-hydroxylation sites is 2. The number of carbonyl (C=O) groups is 1. The minimum Gasteiger partial charge on any atom is -0.506 e. The molecule has 4 heteroatoms. The van der Waals surface area contributed by atoms with E-state index in [0.29, 0.717) is 11.0 Å². The van der Waals surface area contributed by atoms with Crippen LogP contribution in [0.15, 0.2) is 72.8 Å². The van der Waals surface area contributed by atoms with Crippen molar-refractivity contribution in [1.29, 1.82) is 0 Å². The Labute approximate surface area is 138 Å². The van der Waals surface area contributed by atoms with Crippen molar-refractivity contribution in [2.75, 3.05) is 0 Å². The molecular formula is C20H15NO3. The fourth-order valence-corrected chi connectivity index (χ4v) is 2.97. The highest BCUT2D eigenvalue weighted by atomic mass is 16.5. The molecule has 1 N–H and O–H groups in total. The molecule has 0 bridgehead atoms. The number of ether oxygens (including phenoxy) is 1. The van der Waals surface area contributed by atoms with Crippen molar-refractivity contribution in [3.63, 3.8) is 0 Å². The number of aromatic hydroxyl groups is 1. The number of hydrogen-bond acceptors (Lipinski definition) is 3. The predicted octanol–water partition coefficient (Wildman–Crippen LogP) is 4.69. The molecule has 0 saturated carbocycles. The summed E-state index contributed by atoms with van der Waals surface area (Å²) in [6.07, 6.45) is -0.508. The Hall–Kier alpha value is -3.27. The molecular weight excluding hydrogens is 302 g/mol. The average molecular weight is 317 g/mol. The number of nitrogens with zero attached hydrogens (tertiary/aromatic N) is 1. The van der Waals surface area contributed by atoms with Gasteiger partial charge in [0.25, 0.3) is 0 Å². The van der Waals surface area contributed by atoms with Crippen LogP contribution in [-0.2, 0) is 11.3 Å². The first kappa shape index (κ1) is 14.3. The lowest BCUT2D eigenvalue weighted by Crippen LogP contribution is -2.13. The molecule has 0 aliphatic rings. The zero-order valence-corrected chi connectivity index (χ0v) is 12.8. The predicted molar refractivity (Wildman–Crippen MR) is 93.1 cm³/mol. The van der Waals surface area contributed by atoms with Crippen molar-refractivity contribution >= 4 is 27.9 Å². The number of phenolic OH excluding ortho intramolecular Hbond substituents is 1.